The highest BCUT2D eigenvalue weighted by molar-refractivity contribution is 5.85. The molecule has 2 fully saturated rings. The lowest BCUT2D eigenvalue weighted by molar-refractivity contribution is -0.122. The average molecular weight is 289 g/mol. The van der Waals surface area contributed by atoms with E-state index < -0.39 is 0 Å². The van der Waals surface area contributed by atoms with E-state index in [0.29, 0.717) is 5.92 Å². The van der Waals surface area contributed by atoms with Crippen LogP contribution in [0.1, 0.15) is 57.8 Å². The van der Waals surface area contributed by atoms with Crippen molar-refractivity contribution in [3.8, 4) is 0 Å². The molecule has 1 unspecified atom stereocenters. The molecule has 19 heavy (non-hydrogen) atoms. The molecule has 1 aliphatic heterocycles. The van der Waals surface area contributed by atoms with Crippen molar-refractivity contribution in [1.29, 1.82) is 0 Å². The van der Waals surface area contributed by atoms with Gasteiger partial charge in [0, 0.05) is 13.0 Å². The van der Waals surface area contributed by atoms with Crippen molar-refractivity contribution in [3.05, 3.63) is 0 Å². The second kappa shape index (κ2) is 9.60. The third-order valence-corrected chi connectivity index (χ3v) is 4.47. The van der Waals surface area contributed by atoms with E-state index in [4.69, 9.17) is 0 Å². The van der Waals surface area contributed by atoms with Gasteiger partial charge < -0.3 is 10.6 Å². The molecule has 0 aromatic carbocycles. The predicted molar refractivity (Wildman–Crippen MR) is 81.7 cm³/mol. The van der Waals surface area contributed by atoms with Gasteiger partial charge in [0.2, 0.25) is 5.91 Å². The molecule has 2 aliphatic rings. The second-order valence-electron chi connectivity index (χ2n) is 6.06. The number of hydrogen-bond donors (Lipinski definition) is 2. The highest BCUT2D eigenvalue weighted by Crippen LogP contribution is 2.26. The lowest BCUT2D eigenvalue weighted by atomic mass is 9.87. The minimum absolute atomic E-state index is 0. The second-order valence-corrected chi connectivity index (χ2v) is 6.06. The van der Waals surface area contributed by atoms with Gasteiger partial charge in [0.1, 0.15) is 0 Å². The van der Waals surface area contributed by atoms with Crippen molar-refractivity contribution in [3.63, 3.8) is 0 Å². The van der Waals surface area contributed by atoms with Crippen LogP contribution < -0.4 is 10.6 Å². The summed E-state index contributed by atoms with van der Waals surface area (Å²) in [4.78, 5) is 11.8. The number of carbonyl (C=O) groups excluding carboxylic acids is 1. The molecule has 1 atom stereocenters. The Hall–Kier alpha value is -0.280. The Balaban J connectivity index is 0.00000180. The Morgan fingerprint density at radius 2 is 1.79 bits per heavy atom. The van der Waals surface area contributed by atoms with Gasteiger partial charge in [-0.3, -0.25) is 4.79 Å². The topological polar surface area (TPSA) is 41.1 Å². The summed E-state index contributed by atoms with van der Waals surface area (Å²) in [5, 5.41) is 6.54. The Labute approximate surface area is 123 Å². The summed E-state index contributed by atoms with van der Waals surface area (Å²) in [6, 6.07) is 0. The van der Waals surface area contributed by atoms with Crippen LogP contribution in [0.25, 0.3) is 0 Å². The maximum atomic E-state index is 11.8. The summed E-state index contributed by atoms with van der Waals surface area (Å²) in [5.41, 5.74) is 0. The molecule has 2 N–H and O–H groups in total. The molecule has 1 heterocycles. The number of nitrogens with one attached hydrogen (secondary N) is 2. The smallest absolute Gasteiger partial charge is 0.220 e. The van der Waals surface area contributed by atoms with E-state index in [1.807, 2.05) is 0 Å². The first-order valence-electron chi connectivity index (χ1n) is 7.82. The quantitative estimate of drug-likeness (QED) is 0.817. The van der Waals surface area contributed by atoms with Gasteiger partial charge >= 0.3 is 0 Å². The first kappa shape index (κ1) is 16.8. The van der Waals surface area contributed by atoms with Gasteiger partial charge in [0.25, 0.3) is 0 Å². The lowest BCUT2D eigenvalue weighted by Gasteiger charge is -2.23. The maximum Gasteiger partial charge on any atom is 0.220 e. The van der Waals surface area contributed by atoms with E-state index in [-0.39, 0.29) is 18.3 Å². The molecule has 112 valence electrons. The lowest BCUT2D eigenvalue weighted by Crippen LogP contribution is -2.33. The monoisotopic (exact) mass is 288 g/mol. The van der Waals surface area contributed by atoms with Crippen LogP contribution in [0, 0.1) is 11.8 Å². The number of halogens is 1. The summed E-state index contributed by atoms with van der Waals surface area (Å²) in [6.07, 6.45) is 11.1. The fourth-order valence-electron chi connectivity index (χ4n) is 3.31. The summed E-state index contributed by atoms with van der Waals surface area (Å²) >= 11 is 0. The molecule has 0 aromatic rings. The van der Waals surface area contributed by atoms with Crippen molar-refractivity contribution >= 4 is 18.3 Å². The zero-order valence-corrected chi connectivity index (χ0v) is 12.8. The van der Waals surface area contributed by atoms with Crippen molar-refractivity contribution in [1.82, 2.24) is 10.6 Å². The first-order valence-corrected chi connectivity index (χ1v) is 7.82. The van der Waals surface area contributed by atoms with Gasteiger partial charge in [-0.05, 0) is 57.0 Å². The third-order valence-electron chi connectivity index (χ3n) is 4.47. The van der Waals surface area contributed by atoms with Gasteiger partial charge in [0.15, 0.2) is 0 Å². The standard InChI is InChI=1S/C15H28N2O.ClH/c18-15(11-13-5-2-1-3-6-13)17-10-8-14-7-4-9-16-12-14;/h13-14,16H,1-12H2,(H,17,18);1H. The third kappa shape index (κ3) is 6.62. The molecule has 1 aliphatic carbocycles. The molecule has 3 nitrogen and oxygen atoms in total. The highest BCUT2D eigenvalue weighted by Gasteiger charge is 2.17. The van der Waals surface area contributed by atoms with Gasteiger partial charge in [-0.25, -0.2) is 0 Å². The summed E-state index contributed by atoms with van der Waals surface area (Å²) in [7, 11) is 0. The highest BCUT2D eigenvalue weighted by atomic mass is 35.5. The van der Waals surface area contributed by atoms with Crippen molar-refractivity contribution in [2.75, 3.05) is 19.6 Å². The van der Waals surface area contributed by atoms with E-state index in [1.165, 1.54) is 51.5 Å². The van der Waals surface area contributed by atoms with E-state index in [1.54, 1.807) is 0 Å². The van der Waals surface area contributed by atoms with E-state index in [9.17, 15) is 4.79 Å². The fourth-order valence-corrected chi connectivity index (χ4v) is 3.31. The van der Waals surface area contributed by atoms with Gasteiger partial charge in [-0.15, -0.1) is 12.4 Å². The van der Waals surface area contributed by atoms with Crippen LogP contribution in [-0.2, 0) is 4.79 Å². The molecule has 4 heteroatoms. The zero-order valence-electron chi connectivity index (χ0n) is 12.0. The minimum Gasteiger partial charge on any atom is -0.356 e. The molecular formula is C15H29ClN2O. The number of carbonyl (C=O) groups is 1. The van der Waals surface area contributed by atoms with Crippen LogP contribution in [0.5, 0.6) is 0 Å². The summed E-state index contributed by atoms with van der Waals surface area (Å²) in [5.74, 6) is 1.72. The number of amides is 1. The SMILES string of the molecule is Cl.O=C(CC1CCCCC1)NCCC1CCCNC1. The summed E-state index contributed by atoms with van der Waals surface area (Å²) in [6.45, 7) is 3.18. The Morgan fingerprint density at radius 1 is 1.05 bits per heavy atom. The Bertz CT molecular complexity index is 249. The molecule has 0 radical (unpaired) electrons. The number of piperidine rings is 1. The number of hydrogen-bond acceptors (Lipinski definition) is 2. The minimum atomic E-state index is 0. The zero-order chi connectivity index (χ0) is 12.6. The van der Waals surface area contributed by atoms with Gasteiger partial charge in [0.05, 0.1) is 0 Å². The molecular weight excluding hydrogens is 260 g/mol. The molecule has 0 aromatic heterocycles. The Kier molecular flexibility index (Phi) is 8.47. The number of rotatable bonds is 5. The van der Waals surface area contributed by atoms with Crippen LogP contribution in [0.15, 0.2) is 0 Å². The average Bonchev–Trinajstić information content (AvgIpc) is 2.41. The largest absolute Gasteiger partial charge is 0.356 e. The molecule has 2 rings (SSSR count). The van der Waals surface area contributed by atoms with Crippen molar-refractivity contribution < 1.29 is 4.79 Å². The predicted octanol–water partition coefficient (Wildman–Crippen LogP) is 2.88. The molecule has 1 saturated carbocycles. The summed E-state index contributed by atoms with van der Waals surface area (Å²) < 4.78 is 0. The first-order chi connectivity index (χ1) is 8.84. The molecule has 0 spiro atoms. The fraction of sp³-hybridized carbons (Fsp3) is 0.933. The van der Waals surface area contributed by atoms with Crippen molar-refractivity contribution in [2.24, 2.45) is 11.8 Å². The molecule has 1 amide bonds. The van der Waals surface area contributed by atoms with Gasteiger partial charge in [-0.1, -0.05) is 19.3 Å². The van der Waals surface area contributed by atoms with Crippen LogP contribution in [0.4, 0.5) is 0 Å². The van der Waals surface area contributed by atoms with Crippen LogP contribution in [0.2, 0.25) is 0 Å². The molecule has 0 bridgehead atoms. The van der Waals surface area contributed by atoms with Crippen molar-refractivity contribution in [2.45, 2.75) is 57.8 Å². The van der Waals surface area contributed by atoms with Crippen LogP contribution in [0.3, 0.4) is 0 Å². The normalized spacial score (nSPS) is 24.5. The van der Waals surface area contributed by atoms with Crippen LogP contribution >= 0.6 is 12.4 Å². The van der Waals surface area contributed by atoms with E-state index in [2.05, 4.69) is 10.6 Å². The maximum absolute atomic E-state index is 11.8. The van der Waals surface area contributed by atoms with Crippen LogP contribution in [-0.4, -0.2) is 25.5 Å². The Morgan fingerprint density at radius 3 is 2.47 bits per heavy atom. The molecule has 1 saturated heterocycles. The van der Waals surface area contributed by atoms with E-state index >= 15 is 0 Å². The van der Waals surface area contributed by atoms with E-state index in [0.717, 1.165) is 31.8 Å². The van der Waals surface area contributed by atoms with Gasteiger partial charge in [-0.2, -0.15) is 0 Å².